The van der Waals surface area contributed by atoms with Gasteiger partial charge in [0, 0.05) is 32.6 Å². The normalized spacial score (nSPS) is 10.7. The van der Waals surface area contributed by atoms with Crippen LogP contribution in [0, 0.1) is 6.92 Å². The third kappa shape index (κ3) is 3.06. The largest absolute Gasteiger partial charge is 0.380 e. The van der Waals surface area contributed by atoms with E-state index < -0.39 is 0 Å². The van der Waals surface area contributed by atoms with Crippen LogP contribution in [0.3, 0.4) is 0 Å². The third-order valence-electron chi connectivity index (χ3n) is 3.10. The molecule has 0 amide bonds. The molecule has 1 aromatic carbocycles. The molecule has 0 bridgehead atoms. The molecule has 4 heteroatoms. The van der Waals surface area contributed by atoms with Gasteiger partial charge in [-0.25, -0.2) is 0 Å². The highest BCUT2D eigenvalue weighted by Crippen LogP contribution is 2.29. The van der Waals surface area contributed by atoms with Gasteiger partial charge >= 0.3 is 0 Å². The summed E-state index contributed by atoms with van der Waals surface area (Å²) in [7, 11) is 0. The highest BCUT2D eigenvalue weighted by molar-refractivity contribution is 7.14. The van der Waals surface area contributed by atoms with Gasteiger partial charge in [-0.1, -0.05) is 23.7 Å². The van der Waals surface area contributed by atoms with Crippen LogP contribution in [0.25, 0.3) is 10.4 Å². The smallest absolute Gasteiger partial charge is 0.0494 e. The number of benzene rings is 1. The van der Waals surface area contributed by atoms with E-state index in [2.05, 4.69) is 40.3 Å². The Morgan fingerprint density at radius 3 is 2.80 bits per heavy atom. The second-order valence-electron chi connectivity index (χ2n) is 4.60. The van der Waals surface area contributed by atoms with Gasteiger partial charge in [-0.05, 0) is 47.5 Å². The quantitative estimate of drug-likeness (QED) is 0.617. The van der Waals surface area contributed by atoms with Gasteiger partial charge in [0.05, 0.1) is 0 Å². The van der Waals surface area contributed by atoms with Crippen molar-refractivity contribution in [1.82, 2.24) is 0 Å². The number of nitrogens with one attached hydrogen (secondary N) is 1. The number of anilines is 1. The molecule has 3 rings (SSSR count). The molecule has 0 aliphatic rings. The molecule has 0 saturated heterocycles. The van der Waals surface area contributed by atoms with E-state index in [0.29, 0.717) is 0 Å². The number of halogens is 1. The highest BCUT2D eigenvalue weighted by atomic mass is 35.5. The Kier molecular flexibility index (Phi) is 4.10. The van der Waals surface area contributed by atoms with Crippen LogP contribution in [-0.2, 0) is 6.54 Å². The molecule has 0 aliphatic heterocycles. The fourth-order valence-electron chi connectivity index (χ4n) is 1.94. The Balaban J connectivity index is 1.68. The molecule has 0 radical (unpaired) electrons. The fraction of sp³-hybridized carbons (Fsp3) is 0.125. The van der Waals surface area contributed by atoms with Crippen molar-refractivity contribution in [2.45, 2.75) is 13.5 Å². The van der Waals surface area contributed by atoms with Crippen LogP contribution in [0.2, 0.25) is 5.02 Å². The van der Waals surface area contributed by atoms with Gasteiger partial charge in [0.2, 0.25) is 0 Å². The van der Waals surface area contributed by atoms with E-state index in [0.717, 1.165) is 22.8 Å². The fourth-order valence-corrected chi connectivity index (χ4v) is 3.73. The maximum absolute atomic E-state index is 6.13. The summed E-state index contributed by atoms with van der Waals surface area (Å²) in [5.74, 6) is 0. The van der Waals surface area contributed by atoms with Crippen molar-refractivity contribution in [3.63, 3.8) is 0 Å². The van der Waals surface area contributed by atoms with Gasteiger partial charge in [0.15, 0.2) is 0 Å². The molecule has 0 fully saturated rings. The van der Waals surface area contributed by atoms with Crippen molar-refractivity contribution in [3.05, 3.63) is 62.6 Å². The van der Waals surface area contributed by atoms with E-state index in [1.54, 1.807) is 22.7 Å². The zero-order valence-corrected chi connectivity index (χ0v) is 13.4. The zero-order chi connectivity index (χ0) is 13.9. The lowest BCUT2D eigenvalue weighted by atomic mass is 10.2. The van der Waals surface area contributed by atoms with Gasteiger partial charge in [0.1, 0.15) is 0 Å². The van der Waals surface area contributed by atoms with Crippen molar-refractivity contribution < 1.29 is 0 Å². The van der Waals surface area contributed by atoms with Gasteiger partial charge < -0.3 is 5.32 Å². The standard InChI is InChI=1S/C16H14ClNS2/c1-11-4-5-13(8-15(11)17)18-9-14-7-12(10-20-14)16-3-2-6-19-16/h2-8,10,18H,9H2,1H3. The zero-order valence-electron chi connectivity index (χ0n) is 11.0. The van der Waals surface area contributed by atoms with Crippen LogP contribution in [0.1, 0.15) is 10.4 Å². The van der Waals surface area contributed by atoms with Gasteiger partial charge in [-0.15, -0.1) is 22.7 Å². The summed E-state index contributed by atoms with van der Waals surface area (Å²) >= 11 is 9.69. The Morgan fingerprint density at radius 2 is 2.05 bits per heavy atom. The molecule has 3 aromatic rings. The van der Waals surface area contributed by atoms with Gasteiger partial charge in [0.25, 0.3) is 0 Å². The van der Waals surface area contributed by atoms with Crippen LogP contribution in [0.15, 0.2) is 47.2 Å². The average molecular weight is 320 g/mol. The summed E-state index contributed by atoms with van der Waals surface area (Å²) in [4.78, 5) is 2.65. The van der Waals surface area contributed by atoms with E-state index in [-0.39, 0.29) is 0 Å². The van der Waals surface area contributed by atoms with Gasteiger partial charge in [-0.2, -0.15) is 0 Å². The van der Waals surface area contributed by atoms with E-state index in [1.807, 2.05) is 19.1 Å². The molecule has 0 aliphatic carbocycles. The maximum atomic E-state index is 6.13. The summed E-state index contributed by atoms with van der Waals surface area (Å²) in [6, 6.07) is 12.6. The summed E-state index contributed by atoms with van der Waals surface area (Å²) in [5.41, 5.74) is 3.48. The lowest BCUT2D eigenvalue weighted by Gasteiger charge is -2.06. The first kappa shape index (κ1) is 13.7. The lowest BCUT2D eigenvalue weighted by Crippen LogP contribution is -1.97. The number of thiophene rings is 2. The number of aryl methyl sites for hydroxylation is 1. The SMILES string of the molecule is Cc1ccc(NCc2cc(-c3cccs3)cs2)cc1Cl. The minimum atomic E-state index is 0.806. The summed E-state index contributed by atoms with van der Waals surface area (Å²) < 4.78 is 0. The van der Waals surface area contributed by atoms with Crippen LogP contribution in [-0.4, -0.2) is 0 Å². The molecule has 2 aromatic heterocycles. The number of hydrogen-bond acceptors (Lipinski definition) is 3. The average Bonchev–Trinajstić information content (AvgIpc) is 3.09. The van der Waals surface area contributed by atoms with Crippen LogP contribution in [0.5, 0.6) is 0 Å². The molecule has 0 saturated carbocycles. The minimum Gasteiger partial charge on any atom is -0.380 e. The Hall–Kier alpha value is -1.29. The first-order chi connectivity index (χ1) is 9.72. The lowest BCUT2D eigenvalue weighted by molar-refractivity contribution is 1.19. The predicted octanol–water partition coefficient (Wildman–Crippen LogP) is 6.05. The maximum Gasteiger partial charge on any atom is 0.0494 e. The topological polar surface area (TPSA) is 12.0 Å². The van der Waals surface area contributed by atoms with E-state index in [9.17, 15) is 0 Å². The molecule has 0 atom stereocenters. The number of hydrogen-bond donors (Lipinski definition) is 1. The third-order valence-corrected chi connectivity index (χ3v) is 5.36. The van der Waals surface area contributed by atoms with Crippen molar-refractivity contribution in [2.75, 3.05) is 5.32 Å². The second kappa shape index (κ2) is 6.00. The molecular weight excluding hydrogens is 306 g/mol. The molecule has 0 spiro atoms. The van der Waals surface area contributed by atoms with E-state index in [4.69, 9.17) is 11.6 Å². The molecular formula is C16H14ClNS2. The monoisotopic (exact) mass is 319 g/mol. The van der Waals surface area contributed by atoms with Crippen molar-refractivity contribution in [2.24, 2.45) is 0 Å². The summed E-state index contributed by atoms with van der Waals surface area (Å²) in [6.45, 7) is 2.84. The highest BCUT2D eigenvalue weighted by Gasteiger charge is 2.04. The minimum absolute atomic E-state index is 0.806. The van der Waals surface area contributed by atoms with Crippen LogP contribution in [0.4, 0.5) is 5.69 Å². The number of rotatable bonds is 4. The van der Waals surface area contributed by atoms with Crippen molar-refractivity contribution in [1.29, 1.82) is 0 Å². The molecule has 102 valence electrons. The predicted molar refractivity (Wildman–Crippen MR) is 91.1 cm³/mol. The molecule has 0 unspecified atom stereocenters. The Labute approximate surface area is 131 Å². The molecule has 1 nitrogen and oxygen atoms in total. The Bertz CT molecular complexity index is 701. The molecule has 2 heterocycles. The summed E-state index contributed by atoms with van der Waals surface area (Å²) in [6.07, 6.45) is 0. The first-order valence-corrected chi connectivity index (χ1v) is 8.47. The van der Waals surface area contributed by atoms with Gasteiger partial charge in [-0.3, -0.25) is 0 Å². The molecule has 20 heavy (non-hydrogen) atoms. The van der Waals surface area contributed by atoms with Crippen LogP contribution < -0.4 is 5.32 Å². The molecule has 1 N–H and O–H groups in total. The van der Waals surface area contributed by atoms with E-state index >= 15 is 0 Å². The Morgan fingerprint density at radius 1 is 1.15 bits per heavy atom. The summed E-state index contributed by atoms with van der Waals surface area (Å²) in [5, 5.41) is 8.55. The van der Waals surface area contributed by atoms with Crippen LogP contribution >= 0.6 is 34.3 Å². The van der Waals surface area contributed by atoms with Crippen molar-refractivity contribution >= 4 is 40.0 Å². The second-order valence-corrected chi connectivity index (χ2v) is 6.95. The first-order valence-electron chi connectivity index (χ1n) is 6.34. The van der Waals surface area contributed by atoms with Crippen molar-refractivity contribution in [3.8, 4) is 10.4 Å². The van der Waals surface area contributed by atoms with E-state index in [1.165, 1.54) is 15.3 Å².